The van der Waals surface area contributed by atoms with Crippen LogP contribution in [0.5, 0.6) is 11.5 Å². The van der Waals surface area contributed by atoms with E-state index in [1.54, 1.807) is 49.6 Å². The first kappa shape index (κ1) is 22.8. The maximum atomic E-state index is 12.0. The van der Waals surface area contributed by atoms with E-state index in [1.165, 1.54) is 6.21 Å². The van der Waals surface area contributed by atoms with Gasteiger partial charge in [-0.2, -0.15) is 5.10 Å². The van der Waals surface area contributed by atoms with E-state index in [-0.39, 0.29) is 6.42 Å². The predicted octanol–water partition coefficient (Wildman–Crippen LogP) is 4.41. The highest BCUT2D eigenvalue weighted by Gasteiger charge is 2.09. The molecular formula is C24H22ClN3O4. The number of nitrogens with one attached hydrogen (secondary N) is 2. The third-order valence-electron chi connectivity index (χ3n) is 4.26. The molecule has 0 bridgehead atoms. The Morgan fingerprint density at radius 1 is 0.969 bits per heavy atom. The Labute approximate surface area is 191 Å². The van der Waals surface area contributed by atoms with E-state index in [9.17, 15) is 9.59 Å². The topological polar surface area (TPSA) is 89.0 Å². The number of hydrogen-bond donors (Lipinski definition) is 2. The number of nitrogens with zero attached hydrogens (tertiary/aromatic N) is 1. The van der Waals surface area contributed by atoms with Crippen molar-refractivity contribution in [3.8, 4) is 11.5 Å². The number of benzene rings is 3. The highest BCUT2D eigenvalue weighted by molar-refractivity contribution is 6.30. The number of rotatable bonds is 9. The summed E-state index contributed by atoms with van der Waals surface area (Å²) in [6.45, 7) is 0.415. The van der Waals surface area contributed by atoms with Crippen LogP contribution in [0, 0.1) is 0 Å². The van der Waals surface area contributed by atoms with Gasteiger partial charge in [-0.05, 0) is 47.5 Å². The van der Waals surface area contributed by atoms with Crippen molar-refractivity contribution in [1.82, 2.24) is 5.43 Å². The van der Waals surface area contributed by atoms with E-state index in [1.807, 2.05) is 30.3 Å². The fourth-order valence-electron chi connectivity index (χ4n) is 2.75. The largest absolute Gasteiger partial charge is 0.493 e. The molecule has 0 aromatic heterocycles. The van der Waals surface area contributed by atoms with E-state index in [0.717, 1.165) is 5.56 Å². The number of anilines is 1. The molecule has 2 N–H and O–H groups in total. The number of hydrogen-bond acceptors (Lipinski definition) is 5. The molecule has 0 spiro atoms. The molecular weight excluding hydrogens is 430 g/mol. The van der Waals surface area contributed by atoms with Crippen molar-refractivity contribution in [2.75, 3.05) is 12.4 Å². The molecule has 32 heavy (non-hydrogen) atoms. The molecule has 0 aliphatic rings. The van der Waals surface area contributed by atoms with Crippen LogP contribution >= 0.6 is 11.6 Å². The first-order valence-corrected chi connectivity index (χ1v) is 10.1. The molecule has 3 rings (SSSR count). The molecule has 0 aliphatic heterocycles. The third-order valence-corrected chi connectivity index (χ3v) is 4.49. The number of carbonyl (C=O) groups excluding carboxylic acids is 2. The molecule has 0 saturated carbocycles. The highest BCUT2D eigenvalue weighted by atomic mass is 35.5. The molecule has 2 amide bonds. The van der Waals surface area contributed by atoms with Gasteiger partial charge in [0.1, 0.15) is 13.0 Å². The zero-order chi connectivity index (χ0) is 22.8. The Kier molecular flexibility index (Phi) is 8.22. The van der Waals surface area contributed by atoms with Crippen LogP contribution in [0.15, 0.2) is 77.9 Å². The molecule has 0 heterocycles. The van der Waals surface area contributed by atoms with Crippen LogP contribution < -0.4 is 20.2 Å². The summed E-state index contributed by atoms with van der Waals surface area (Å²) in [4.78, 5) is 23.9. The normalized spacial score (nSPS) is 10.6. The van der Waals surface area contributed by atoms with Crippen LogP contribution in [0.3, 0.4) is 0 Å². The Hall–Kier alpha value is -3.84. The van der Waals surface area contributed by atoms with Crippen molar-refractivity contribution in [2.45, 2.75) is 13.0 Å². The van der Waals surface area contributed by atoms with Crippen LogP contribution in [-0.2, 0) is 16.2 Å². The lowest BCUT2D eigenvalue weighted by atomic mass is 10.2. The molecule has 164 valence electrons. The van der Waals surface area contributed by atoms with E-state index in [2.05, 4.69) is 15.8 Å². The van der Waals surface area contributed by atoms with Gasteiger partial charge in [0.15, 0.2) is 11.5 Å². The molecule has 0 radical (unpaired) electrons. The summed E-state index contributed by atoms with van der Waals surface area (Å²) in [5, 5.41) is 6.98. The third kappa shape index (κ3) is 7.14. The molecule has 7 nitrogen and oxygen atoms in total. The van der Waals surface area contributed by atoms with Crippen molar-refractivity contribution in [3.63, 3.8) is 0 Å². The van der Waals surface area contributed by atoms with Gasteiger partial charge in [-0.3, -0.25) is 9.59 Å². The van der Waals surface area contributed by atoms with Gasteiger partial charge in [0, 0.05) is 10.7 Å². The minimum Gasteiger partial charge on any atom is -0.493 e. The zero-order valence-corrected chi connectivity index (χ0v) is 18.1. The zero-order valence-electron chi connectivity index (χ0n) is 17.4. The summed E-state index contributed by atoms with van der Waals surface area (Å²) < 4.78 is 11.2. The number of carbonyl (C=O) groups is 2. The lowest BCUT2D eigenvalue weighted by Gasteiger charge is -2.11. The lowest BCUT2D eigenvalue weighted by molar-refractivity contribution is -0.126. The van der Waals surface area contributed by atoms with Gasteiger partial charge in [0.05, 0.1) is 13.3 Å². The van der Waals surface area contributed by atoms with Gasteiger partial charge < -0.3 is 14.8 Å². The highest BCUT2D eigenvalue weighted by Crippen LogP contribution is 2.28. The summed E-state index contributed by atoms with van der Waals surface area (Å²) in [7, 11) is 1.55. The second-order valence-corrected chi connectivity index (χ2v) is 7.15. The summed E-state index contributed by atoms with van der Waals surface area (Å²) in [6, 6.07) is 21.8. The summed E-state index contributed by atoms with van der Waals surface area (Å²) in [5.41, 5.74) is 4.58. The van der Waals surface area contributed by atoms with E-state index >= 15 is 0 Å². The van der Waals surface area contributed by atoms with Gasteiger partial charge in [-0.1, -0.05) is 48.0 Å². The van der Waals surface area contributed by atoms with E-state index in [4.69, 9.17) is 21.1 Å². The van der Waals surface area contributed by atoms with Gasteiger partial charge >= 0.3 is 0 Å². The van der Waals surface area contributed by atoms with Crippen molar-refractivity contribution in [2.24, 2.45) is 5.10 Å². The Balaban J connectivity index is 1.50. The van der Waals surface area contributed by atoms with Crippen molar-refractivity contribution in [3.05, 3.63) is 88.9 Å². The summed E-state index contributed by atoms with van der Waals surface area (Å²) >= 11 is 5.87. The summed E-state index contributed by atoms with van der Waals surface area (Å²) in [5.74, 6) is 0.115. The molecule has 8 heteroatoms. The Bertz CT molecular complexity index is 1100. The van der Waals surface area contributed by atoms with Gasteiger partial charge in [-0.25, -0.2) is 5.43 Å². The van der Waals surface area contributed by atoms with Gasteiger partial charge in [-0.15, -0.1) is 0 Å². The van der Waals surface area contributed by atoms with Crippen LogP contribution in [-0.4, -0.2) is 25.1 Å². The average molecular weight is 452 g/mol. The lowest BCUT2D eigenvalue weighted by Crippen LogP contribution is -2.24. The molecule has 0 fully saturated rings. The smallest absolute Gasteiger partial charge is 0.249 e. The molecule has 0 aliphatic carbocycles. The van der Waals surface area contributed by atoms with E-state index < -0.39 is 11.8 Å². The summed E-state index contributed by atoms with van der Waals surface area (Å²) in [6.07, 6.45) is 1.08. The SMILES string of the molecule is COc1cc(/C=N/NC(=O)CC(=O)Nc2cccc(Cl)c2)ccc1OCc1ccccc1. The van der Waals surface area contributed by atoms with Crippen molar-refractivity contribution < 1.29 is 19.1 Å². The first-order valence-electron chi connectivity index (χ1n) is 9.75. The quantitative estimate of drug-likeness (QED) is 0.286. The Morgan fingerprint density at radius 3 is 2.53 bits per heavy atom. The van der Waals surface area contributed by atoms with Gasteiger partial charge in [0.25, 0.3) is 0 Å². The average Bonchev–Trinajstić information content (AvgIpc) is 2.78. The van der Waals surface area contributed by atoms with Crippen LogP contribution in [0.1, 0.15) is 17.5 Å². The van der Waals surface area contributed by atoms with E-state index in [0.29, 0.717) is 34.4 Å². The van der Waals surface area contributed by atoms with Crippen LogP contribution in [0.4, 0.5) is 5.69 Å². The van der Waals surface area contributed by atoms with Crippen molar-refractivity contribution >= 4 is 35.3 Å². The number of ether oxygens (including phenoxy) is 2. The molecule has 0 atom stereocenters. The maximum absolute atomic E-state index is 12.0. The number of methoxy groups -OCH3 is 1. The molecule has 3 aromatic rings. The van der Waals surface area contributed by atoms with Gasteiger partial charge in [0.2, 0.25) is 11.8 Å². The minimum absolute atomic E-state index is 0.376. The molecule has 0 unspecified atom stereocenters. The van der Waals surface area contributed by atoms with Crippen LogP contribution in [0.25, 0.3) is 0 Å². The number of halogens is 1. The fourth-order valence-corrected chi connectivity index (χ4v) is 2.94. The predicted molar refractivity (Wildman–Crippen MR) is 124 cm³/mol. The molecule has 3 aromatic carbocycles. The standard InChI is InChI=1S/C24H22ClN3O4/c1-31-22-12-18(10-11-21(22)32-16-17-6-3-2-4-7-17)15-26-28-24(30)14-23(29)27-20-9-5-8-19(25)13-20/h2-13,15H,14,16H2,1H3,(H,27,29)(H,28,30)/b26-15+. The Morgan fingerprint density at radius 2 is 1.78 bits per heavy atom. The monoisotopic (exact) mass is 451 g/mol. The number of hydrazone groups is 1. The second-order valence-electron chi connectivity index (χ2n) is 6.71. The first-order chi connectivity index (χ1) is 15.5. The number of amides is 2. The minimum atomic E-state index is -0.546. The fraction of sp³-hybridized carbons (Fsp3) is 0.125. The molecule has 0 saturated heterocycles. The van der Waals surface area contributed by atoms with Crippen molar-refractivity contribution in [1.29, 1.82) is 0 Å². The maximum Gasteiger partial charge on any atom is 0.249 e. The van der Waals surface area contributed by atoms with Crippen LogP contribution in [0.2, 0.25) is 5.02 Å². The second kappa shape index (κ2) is 11.5.